The molecule has 0 heterocycles. The Bertz CT molecular complexity index is 459. The number of carbonyl (C=O) groups is 1. The second-order valence-electron chi connectivity index (χ2n) is 4.96. The molecule has 0 bridgehead atoms. The third-order valence-corrected chi connectivity index (χ3v) is 4.16. The summed E-state index contributed by atoms with van der Waals surface area (Å²) in [7, 11) is 1.84. The van der Waals surface area contributed by atoms with Crippen LogP contribution in [-0.2, 0) is 0 Å². The zero-order chi connectivity index (χ0) is 13.8. The molecule has 1 saturated carbocycles. The molecule has 3 nitrogen and oxygen atoms in total. The molecule has 1 aromatic rings. The summed E-state index contributed by atoms with van der Waals surface area (Å²) in [5.74, 6) is 0. The highest BCUT2D eigenvalue weighted by Gasteiger charge is 2.22. The van der Waals surface area contributed by atoms with Crippen molar-refractivity contribution in [1.29, 1.82) is 0 Å². The van der Waals surface area contributed by atoms with Crippen molar-refractivity contribution >= 4 is 34.9 Å². The maximum atomic E-state index is 12.2. The van der Waals surface area contributed by atoms with Gasteiger partial charge in [-0.05, 0) is 31.0 Å². The molecule has 2 amide bonds. The van der Waals surface area contributed by atoms with E-state index in [0.717, 1.165) is 12.8 Å². The van der Waals surface area contributed by atoms with Gasteiger partial charge in [0, 0.05) is 18.1 Å². The summed E-state index contributed by atoms with van der Waals surface area (Å²) >= 11 is 11.9. The number of amides is 2. The van der Waals surface area contributed by atoms with Crippen molar-refractivity contribution in [3.63, 3.8) is 0 Å². The van der Waals surface area contributed by atoms with Crippen LogP contribution in [0.5, 0.6) is 0 Å². The molecule has 0 unspecified atom stereocenters. The fourth-order valence-electron chi connectivity index (χ4n) is 2.43. The standard InChI is InChI=1S/C14H18Cl2N2O/c1-18(11-5-3-2-4-6-11)14(19)17-13-8-7-10(15)9-12(13)16/h7-9,11H,2-6H2,1H3,(H,17,19). The van der Waals surface area contributed by atoms with Crippen molar-refractivity contribution in [1.82, 2.24) is 4.90 Å². The van der Waals surface area contributed by atoms with Gasteiger partial charge in [-0.3, -0.25) is 0 Å². The molecule has 0 aliphatic heterocycles. The quantitative estimate of drug-likeness (QED) is 0.837. The molecule has 1 aliphatic carbocycles. The van der Waals surface area contributed by atoms with E-state index in [-0.39, 0.29) is 6.03 Å². The summed E-state index contributed by atoms with van der Waals surface area (Å²) in [6.45, 7) is 0. The average molecular weight is 301 g/mol. The fraction of sp³-hybridized carbons (Fsp3) is 0.500. The number of halogens is 2. The maximum Gasteiger partial charge on any atom is 0.321 e. The molecule has 1 fully saturated rings. The molecular weight excluding hydrogens is 283 g/mol. The summed E-state index contributed by atoms with van der Waals surface area (Å²) in [5, 5.41) is 3.85. The summed E-state index contributed by atoms with van der Waals surface area (Å²) in [6.07, 6.45) is 5.83. The smallest absolute Gasteiger partial charge is 0.321 e. The minimum Gasteiger partial charge on any atom is -0.325 e. The summed E-state index contributed by atoms with van der Waals surface area (Å²) < 4.78 is 0. The van der Waals surface area contributed by atoms with Gasteiger partial charge in [0.2, 0.25) is 0 Å². The summed E-state index contributed by atoms with van der Waals surface area (Å²) in [6, 6.07) is 5.27. The lowest BCUT2D eigenvalue weighted by molar-refractivity contribution is 0.186. The predicted molar refractivity (Wildman–Crippen MR) is 80.1 cm³/mol. The molecule has 0 radical (unpaired) electrons. The first-order chi connectivity index (χ1) is 9.08. The second kappa shape index (κ2) is 6.49. The van der Waals surface area contributed by atoms with Gasteiger partial charge in [0.05, 0.1) is 10.7 Å². The van der Waals surface area contributed by atoms with Crippen LogP contribution in [0.25, 0.3) is 0 Å². The molecule has 104 valence electrons. The van der Waals surface area contributed by atoms with Crippen molar-refractivity contribution in [2.75, 3.05) is 12.4 Å². The third kappa shape index (κ3) is 3.77. The number of benzene rings is 1. The van der Waals surface area contributed by atoms with Crippen LogP contribution in [-0.4, -0.2) is 24.0 Å². The van der Waals surface area contributed by atoms with E-state index in [2.05, 4.69) is 5.32 Å². The van der Waals surface area contributed by atoms with E-state index in [1.807, 2.05) is 7.05 Å². The lowest BCUT2D eigenvalue weighted by Crippen LogP contribution is -2.40. The van der Waals surface area contributed by atoms with Crippen LogP contribution in [0.4, 0.5) is 10.5 Å². The molecule has 0 spiro atoms. The Morgan fingerprint density at radius 1 is 1.26 bits per heavy atom. The highest BCUT2D eigenvalue weighted by Crippen LogP contribution is 2.27. The SMILES string of the molecule is CN(C(=O)Nc1ccc(Cl)cc1Cl)C1CCCCC1. The van der Waals surface area contributed by atoms with Gasteiger partial charge in [0.25, 0.3) is 0 Å². The Kier molecular flexibility index (Phi) is 4.94. The van der Waals surface area contributed by atoms with Crippen molar-refractivity contribution in [3.8, 4) is 0 Å². The van der Waals surface area contributed by atoms with Crippen LogP contribution >= 0.6 is 23.2 Å². The number of hydrogen-bond donors (Lipinski definition) is 1. The Morgan fingerprint density at radius 3 is 2.58 bits per heavy atom. The van der Waals surface area contributed by atoms with E-state index in [1.165, 1.54) is 19.3 Å². The lowest BCUT2D eigenvalue weighted by Gasteiger charge is -2.31. The number of nitrogens with zero attached hydrogens (tertiary/aromatic N) is 1. The molecule has 0 atom stereocenters. The summed E-state index contributed by atoms with van der Waals surface area (Å²) in [5.41, 5.74) is 0.596. The maximum absolute atomic E-state index is 12.2. The van der Waals surface area contributed by atoms with Crippen molar-refractivity contribution in [3.05, 3.63) is 28.2 Å². The molecule has 19 heavy (non-hydrogen) atoms. The average Bonchev–Trinajstić information content (AvgIpc) is 2.42. The van der Waals surface area contributed by atoms with E-state index < -0.39 is 0 Å². The van der Waals surface area contributed by atoms with Crippen LogP contribution in [0.2, 0.25) is 10.0 Å². The zero-order valence-electron chi connectivity index (χ0n) is 11.0. The van der Waals surface area contributed by atoms with Crippen LogP contribution in [0.15, 0.2) is 18.2 Å². The van der Waals surface area contributed by atoms with Gasteiger partial charge in [0.15, 0.2) is 0 Å². The molecule has 5 heteroatoms. The van der Waals surface area contributed by atoms with Crippen LogP contribution in [0, 0.1) is 0 Å². The predicted octanol–water partition coefficient (Wildman–Crippen LogP) is 4.79. The highest BCUT2D eigenvalue weighted by molar-refractivity contribution is 6.36. The molecular formula is C14H18Cl2N2O. The van der Waals surface area contributed by atoms with Crippen molar-refractivity contribution < 1.29 is 4.79 Å². The fourth-order valence-corrected chi connectivity index (χ4v) is 2.88. The number of hydrogen-bond acceptors (Lipinski definition) is 1. The van der Waals surface area contributed by atoms with Crippen LogP contribution in [0.1, 0.15) is 32.1 Å². The minimum atomic E-state index is -0.115. The normalized spacial score (nSPS) is 16.2. The second-order valence-corrected chi connectivity index (χ2v) is 5.80. The summed E-state index contributed by atoms with van der Waals surface area (Å²) in [4.78, 5) is 14.0. The Morgan fingerprint density at radius 2 is 1.95 bits per heavy atom. The molecule has 1 aromatic carbocycles. The van der Waals surface area contributed by atoms with Crippen LogP contribution < -0.4 is 5.32 Å². The van der Waals surface area contributed by atoms with Gasteiger partial charge in [-0.25, -0.2) is 4.79 Å². The van der Waals surface area contributed by atoms with Gasteiger partial charge in [-0.1, -0.05) is 42.5 Å². The molecule has 2 rings (SSSR count). The van der Waals surface area contributed by atoms with E-state index in [1.54, 1.807) is 23.1 Å². The molecule has 1 aliphatic rings. The lowest BCUT2D eigenvalue weighted by atomic mass is 9.95. The molecule has 0 aromatic heterocycles. The number of anilines is 1. The number of carbonyl (C=O) groups excluding carboxylic acids is 1. The first kappa shape index (κ1) is 14.5. The Labute approximate surface area is 123 Å². The van der Waals surface area contributed by atoms with Crippen LogP contribution in [0.3, 0.4) is 0 Å². The van der Waals surface area contributed by atoms with E-state index in [4.69, 9.17) is 23.2 Å². The highest BCUT2D eigenvalue weighted by atomic mass is 35.5. The Balaban J connectivity index is 1.99. The van der Waals surface area contributed by atoms with Gasteiger partial charge in [-0.2, -0.15) is 0 Å². The van der Waals surface area contributed by atoms with E-state index in [0.29, 0.717) is 21.8 Å². The minimum absolute atomic E-state index is 0.115. The van der Waals surface area contributed by atoms with E-state index >= 15 is 0 Å². The van der Waals surface area contributed by atoms with Gasteiger partial charge in [-0.15, -0.1) is 0 Å². The number of urea groups is 1. The largest absolute Gasteiger partial charge is 0.325 e. The number of rotatable bonds is 2. The van der Waals surface area contributed by atoms with E-state index in [9.17, 15) is 4.79 Å². The Hall–Kier alpha value is -0.930. The van der Waals surface area contributed by atoms with Gasteiger partial charge >= 0.3 is 6.03 Å². The molecule has 1 N–H and O–H groups in total. The van der Waals surface area contributed by atoms with Crippen molar-refractivity contribution in [2.45, 2.75) is 38.1 Å². The zero-order valence-corrected chi connectivity index (χ0v) is 12.5. The van der Waals surface area contributed by atoms with Crippen molar-refractivity contribution in [2.24, 2.45) is 0 Å². The molecule has 0 saturated heterocycles. The van der Waals surface area contributed by atoms with Gasteiger partial charge < -0.3 is 10.2 Å². The first-order valence-electron chi connectivity index (χ1n) is 6.57. The third-order valence-electron chi connectivity index (χ3n) is 3.62. The first-order valence-corrected chi connectivity index (χ1v) is 7.32. The topological polar surface area (TPSA) is 32.3 Å². The number of nitrogens with one attached hydrogen (secondary N) is 1. The monoisotopic (exact) mass is 300 g/mol. The van der Waals surface area contributed by atoms with Gasteiger partial charge in [0.1, 0.15) is 0 Å².